The molecular weight excluding hydrogens is 285 g/mol. The van der Waals surface area contributed by atoms with Gasteiger partial charge in [-0.3, -0.25) is 14.9 Å². The molecule has 8 heteroatoms. The van der Waals surface area contributed by atoms with Gasteiger partial charge in [0.15, 0.2) is 5.75 Å². The van der Waals surface area contributed by atoms with E-state index in [9.17, 15) is 14.9 Å². The number of nitrogens with zero attached hydrogens (tertiary/aromatic N) is 1. The van der Waals surface area contributed by atoms with Gasteiger partial charge in [-0.1, -0.05) is 23.2 Å². The second kappa shape index (κ2) is 6.42. The molecule has 0 aliphatic heterocycles. The zero-order valence-electron chi connectivity index (χ0n) is 9.31. The summed E-state index contributed by atoms with van der Waals surface area (Å²) >= 11 is 11.6. The van der Waals surface area contributed by atoms with Crippen molar-refractivity contribution in [1.29, 1.82) is 0 Å². The Balaban J connectivity index is 2.78. The molecular formula is C10H9Cl2NO5. The highest BCUT2D eigenvalue weighted by molar-refractivity contribution is 6.37. The Morgan fingerprint density at radius 2 is 1.94 bits per heavy atom. The third kappa shape index (κ3) is 3.75. The van der Waals surface area contributed by atoms with Gasteiger partial charge in [0.2, 0.25) is 0 Å². The van der Waals surface area contributed by atoms with E-state index < -0.39 is 10.9 Å². The van der Waals surface area contributed by atoms with Gasteiger partial charge in [0.1, 0.15) is 0 Å². The van der Waals surface area contributed by atoms with Crippen molar-refractivity contribution in [2.24, 2.45) is 0 Å². The summed E-state index contributed by atoms with van der Waals surface area (Å²) in [5.41, 5.74) is -0.231. The first-order valence-corrected chi connectivity index (χ1v) is 5.54. The van der Waals surface area contributed by atoms with Crippen molar-refractivity contribution >= 4 is 34.9 Å². The lowest BCUT2D eigenvalue weighted by molar-refractivity contribution is -0.384. The minimum Gasteiger partial charge on any atom is -0.490 e. The topological polar surface area (TPSA) is 78.7 Å². The first-order chi connectivity index (χ1) is 8.45. The van der Waals surface area contributed by atoms with Crippen molar-refractivity contribution in [3.05, 3.63) is 32.3 Å². The van der Waals surface area contributed by atoms with Gasteiger partial charge in [0, 0.05) is 12.1 Å². The average molecular weight is 294 g/mol. The van der Waals surface area contributed by atoms with Crippen molar-refractivity contribution in [2.75, 3.05) is 13.7 Å². The molecule has 1 rings (SSSR count). The van der Waals surface area contributed by atoms with Gasteiger partial charge >= 0.3 is 5.97 Å². The Bertz CT molecular complexity index is 454. The standard InChI is InChI=1S/C10H9Cl2NO5/c1-17-9(14)2-3-18-10-7(11)4-6(13(15)16)5-8(10)12/h4-5H,2-3H2,1H3. The molecule has 0 atom stereocenters. The highest BCUT2D eigenvalue weighted by atomic mass is 35.5. The summed E-state index contributed by atoms with van der Waals surface area (Å²) < 4.78 is 9.61. The normalized spacial score (nSPS) is 9.94. The summed E-state index contributed by atoms with van der Waals surface area (Å²) in [7, 11) is 1.26. The van der Waals surface area contributed by atoms with Gasteiger partial charge in [-0.2, -0.15) is 0 Å². The fourth-order valence-corrected chi connectivity index (χ4v) is 1.71. The largest absolute Gasteiger partial charge is 0.490 e. The van der Waals surface area contributed by atoms with E-state index in [1.165, 1.54) is 7.11 Å². The quantitative estimate of drug-likeness (QED) is 0.474. The van der Waals surface area contributed by atoms with Crippen molar-refractivity contribution in [3.8, 4) is 5.75 Å². The molecule has 0 unspecified atom stereocenters. The van der Waals surface area contributed by atoms with E-state index in [0.29, 0.717) is 0 Å². The molecule has 0 fully saturated rings. The minimum absolute atomic E-state index is 0.0130. The summed E-state index contributed by atoms with van der Waals surface area (Å²) in [6.07, 6.45) is 0.0279. The van der Waals surface area contributed by atoms with Crippen molar-refractivity contribution in [2.45, 2.75) is 6.42 Å². The number of methoxy groups -OCH3 is 1. The van der Waals surface area contributed by atoms with Gasteiger partial charge in [-0.05, 0) is 0 Å². The number of nitro benzene ring substituents is 1. The molecule has 1 aromatic rings. The Morgan fingerprint density at radius 3 is 2.39 bits per heavy atom. The van der Waals surface area contributed by atoms with Crippen LogP contribution in [-0.4, -0.2) is 24.6 Å². The Hall–Kier alpha value is -1.53. The lowest BCUT2D eigenvalue weighted by Crippen LogP contribution is -2.08. The van der Waals surface area contributed by atoms with Gasteiger partial charge < -0.3 is 9.47 Å². The van der Waals surface area contributed by atoms with Crippen LogP contribution in [0.5, 0.6) is 5.75 Å². The van der Waals surface area contributed by atoms with E-state index in [0.717, 1.165) is 12.1 Å². The number of benzene rings is 1. The number of non-ortho nitro benzene ring substituents is 1. The zero-order valence-corrected chi connectivity index (χ0v) is 10.8. The van der Waals surface area contributed by atoms with Crippen LogP contribution in [-0.2, 0) is 9.53 Å². The SMILES string of the molecule is COC(=O)CCOc1c(Cl)cc([N+](=O)[O-])cc1Cl. The predicted octanol–water partition coefficient (Wildman–Crippen LogP) is 2.84. The van der Waals surface area contributed by atoms with E-state index in [1.54, 1.807) is 0 Å². The van der Waals surface area contributed by atoms with E-state index in [-0.39, 0.29) is 34.5 Å². The molecule has 0 N–H and O–H groups in total. The van der Waals surface area contributed by atoms with Crippen molar-refractivity contribution in [3.63, 3.8) is 0 Å². The van der Waals surface area contributed by atoms with Crippen LogP contribution in [0.4, 0.5) is 5.69 Å². The average Bonchev–Trinajstić information content (AvgIpc) is 2.31. The number of carbonyl (C=O) groups is 1. The number of hydrogen-bond acceptors (Lipinski definition) is 5. The maximum Gasteiger partial charge on any atom is 0.308 e. The van der Waals surface area contributed by atoms with E-state index in [2.05, 4.69) is 4.74 Å². The Morgan fingerprint density at radius 1 is 1.39 bits per heavy atom. The van der Waals surface area contributed by atoms with Gasteiger partial charge in [-0.15, -0.1) is 0 Å². The van der Waals surface area contributed by atoms with Crippen LogP contribution in [0.15, 0.2) is 12.1 Å². The molecule has 0 amide bonds. The number of rotatable bonds is 5. The van der Waals surface area contributed by atoms with Gasteiger partial charge in [0.25, 0.3) is 5.69 Å². The number of halogens is 2. The van der Waals surface area contributed by atoms with Crippen LogP contribution < -0.4 is 4.74 Å². The first-order valence-electron chi connectivity index (χ1n) is 4.78. The molecule has 0 aliphatic carbocycles. The lowest BCUT2D eigenvalue weighted by Gasteiger charge is -2.09. The summed E-state index contributed by atoms with van der Waals surface area (Å²) in [6, 6.07) is 2.25. The van der Waals surface area contributed by atoms with Gasteiger partial charge in [0.05, 0.1) is 35.1 Å². The molecule has 0 aromatic heterocycles. The third-order valence-corrected chi connectivity index (χ3v) is 2.54. The maximum atomic E-state index is 10.9. The van der Waals surface area contributed by atoms with Crippen LogP contribution in [0.25, 0.3) is 0 Å². The molecule has 1 aromatic carbocycles. The van der Waals surface area contributed by atoms with Crippen LogP contribution in [0, 0.1) is 10.1 Å². The fraction of sp³-hybridized carbons (Fsp3) is 0.300. The molecule has 18 heavy (non-hydrogen) atoms. The number of carbonyl (C=O) groups excluding carboxylic acids is 1. The molecule has 6 nitrogen and oxygen atoms in total. The van der Waals surface area contributed by atoms with Gasteiger partial charge in [-0.25, -0.2) is 0 Å². The van der Waals surface area contributed by atoms with E-state index >= 15 is 0 Å². The Kier molecular flexibility index (Phi) is 5.18. The summed E-state index contributed by atoms with van der Waals surface area (Å²) in [5, 5.41) is 10.6. The second-order valence-electron chi connectivity index (χ2n) is 3.17. The number of esters is 1. The predicted molar refractivity (Wildman–Crippen MR) is 65.2 cm³/mol. The number of hydrogen-bond donors (Lipinski definition) is 0. The second-order valence-corrected chi connectivity index (χ2v) is 3.98. The molecule has 0 saturated carbocycles. The lowest BCUT2D eigenvalue weighted by atomic mass is 10.3. The third-order valence-electron chi connectivity index (χ3n) is 1.97. The maximum absolute atomic E-state index is 10.9. The molecule has 0 spiro atoms. The summed E-state index contributed by atoms with van der Waals surface area (Å²) in [6.45, 7) is 0.0178. The first kappa shape index (κ1) is 14.5. The highest BCUT2D eigenvalue weighted by Gasteiger charge is 2.16. The minimum atomic E-state index is -0.615. The monoisotopic (exact) mass is 293 g/mol. The van der Waals surface area contributed by atoms with Crippen molar-refractivity contribution in [1.82, 2.24) is 0 Å². The molecule has 0 bridgehead atoms. The number of ether oxygens (including phenoxy) is 2. The van der Waals surface area contributed by atoms with Crippen LogP contribution >= 0.6 is 23.2 Å². The smallest absolute Gasteiger partial charge is 0.308 e. The van der Waals surface area contributed by atoms with Crippen LogP contribution in [0.2, 0.25) is 10.0 Å². The molecule has 0 aliphatic rings. The molecule has 0 heterocycles. The van der Waals surface area contributed by atoms with Crippen LogP contribution in [0.1, 0.15) is 6.42 Å². The summed E-state index contributed by atoms with van der Waals surface area (Å²) in [4.78, 5) is 20.8. The molecule has 0 saturated heterocycles. The molecule has 0 radical (unpaired) electrons. The van der Waals surface area contributed by atoms with E-state index in [4.69, 9.17) is 27.9 Å². The van der Waals surface area contributed by atoms with E-state index in [1.807, 2.05) is 0 Å². The Labute approximate surface area is 113 Å². The highest BCUT2D eigenvalue weighted by Crippen LogP contribution is 2.36. The summed E-state index contributed by atoms with van der Waals surface area (Å²) in [5.74, 6) is -0.336. The van der Waals surface area contributed by atoms with Crippen LogP contribution in [0.3, 0.4) is 0 Å². The van der Waals surface area contributed by atoms with Crippen molar-refractivity contribution < 1.29 is 19.2 Å². The molecule has 98 valence electrons. The fourth-order valence-electron chi connectivity index (χ4n) is 1.13. The number of nitro groups is 1. The zero-order chi connectivity index (χ0) is 13.7.